The number of amides is 1. The molecule has 2 N–H and O–H groups in total. The Hall–Kier alpha value is -1.39. The minimum Gasteiger partial charge on any atom is -0.355 e. The van der Waals surface area contributed by atoms with Crippen molar-refractivity contribution in [2.45, 2.75) is 32.1 Å². The summed E-state index contributed by atoms with van der Waals surface area (Å²) in [5, 5.41) is 6.40. The van der Waals surface area contributed by atoms with Gasteiger partial charge in [0.05, 0.1) is 6.42 Å². The zero-order valence-corrected chi connectivity index (χ0v) is 13.4. The zero-order valence-electron chi connectivity index (χ0n) is 13.4. The van der Waals surface area contributed by atoms with Crippen LogP contribution in [-0.2, 0) is 24.1 Å². The predicted molar refractivity (Wildman–Crippen MR) is 89.1 cm³/mol. The molecule has 0 unspecified atom stereocenters. The van der Waals surface area contributed by atoms with Gasteiger partial charge in [-0.2, -0.15) is 0 Å². The van der Waals surface area contributed by atoms with Gasteiger partial charge in [-0.25, -0.2) is 0 Å². The number of aryl methyl sites for hydroxylation is 2. The summed E-state index contributed by atoms with van der Waals surface area (Å²) in [6, 6.07) is 6.59. The summed E-state index contributed by atoms with van der Waals surface area (Å²) >= 11 is 0. The molecule has 1 amide bonds. The minimum absolute atomic E-state index is 0.144. The van der Waals surface area contributed by atoms with Gasteiger partial charge in [-0.1, -0.05) is 18.2 Å². The topological polar surface area (TPSA) is 44.4 Å². The monoisotopic (exact) mass is 301 g/mol. The summed E-state index contributed by atoms with van der Waals surface area (Å²) in [6.07, 6.45) is 5.47. The molecule has 1 aliphatic carbocycles. The molecule has 3 rings (SSSR count). The van der Waals surface area contributed by atoms with E-state index in [2.05, 4.69) is 33.7 Å². The highest BCUT2D eigenvalue weighted by molar-refractivity contribution is 5.78. The third-order valence-electron chi connectivity index (χ3n) is 4.74. The number of fused-ring (bicyclic) bond motifs is 1. The van der Waals surface area contributed by atoms with Crippen LogP contribution in [0.25, 0.3) is 0 Å². The van der Waals surface area contributed by atoms with Crippen LogP contribution in [0.3, 0.4) is 0 Å². The zero-order chi connectivity index (χ0) is 15.2. The average Bonchev–Trinajstić information content (AvgIpc) is 2.56. The van der Waals surface area contributed by atoms with E-state index in [0.29, 0.717) is 6.42 Å². The van der Waals surface area contributed by atoms with E-state index < -0.39 is 0 Å². The first-order chi connectivity index (χ1) is 10.8. The van der Waals surface area contributed by atoms with Crippen LogP contribution >= 0.6 is 0 Å². The van der Waals surface area contributed by atoms with Crippen molar-refractivity contribution in [3.05, 3.63) is 34.9 Å². The van der Waals surface area contributed by atoms with Gasteiger partial charge >= 0.3 is 0 Å². The number of nitrogens with zero attached hydrogens (tertiary/aromatic N) is 1. The Kier molecular flexibility index (Phi) is 5.46. The minimum atomic E-state index is 0.144. The number of nitrogens with one attached hydrogen (secondary N) is 2. The lowest BCUT2D eigenvalue weighted by molar-refractivity contribution is -0.120. The third-order valence-corrected chi connectivity index (χ3v) is 4.74. The number of hydrogen-bond acceptors (Lipinski definition) is 3. The molecule has 1 aliphatic heterocycles. The highest BCUT2D eigenvalue weighted by Gasteiger charge is 2.12. The summed E-state index contributed by atoms with van der Waals surface area (Å²) in [5.74, 6) is 0.144. The number of rotatable bonds is 5. The maximum atomic E-state index is 12.1. The lowest BCUT2D eigenvalue weighted by Gasteiger charge is -2.27. The van der Waals surface area contributed by atoms with Crippen molar-refractivity contribution in [3.63, 3.8) is 0 Å². The van der Waals surface area contributed by atoms with Crippen molar-refractivity contribution >= 4 is 5.91 Å². The van der Waals surface area contributed by atoms with Crippen molar-refractivity contribution in [2.24, 2.45) is 0 Å². The smallest absolute Gasteiger partial charge is 0.224 e. The van der Waals surface area contributed by atoms with Crippen LogP contribution in [0.2, 0.25) is 0 Å². The number of carbonyl (C=O) groups excluding carboxylic acids is 1. The lowest BCUT2D eigenvalue weighted by Crippen LogP contribution is -2.46. The maximum Gasteiger partial charge on any atom is 0.224 e. The van der Waals surface area contributed by atoms with Crippen molar-refractivity contribution in [1.82, 2.24) is 15.5 Å². The molecule has 1 heterocycles. The highest BCUT2D eigenvalue weighted by Crippen LogP contribution is 2.22. The SMILES string of the molecule is O=C(Cc1ccc2c(c1)CCCC2)NCCN1CCNCC1. The van der Waals surface area contributed by atoms with E-state index in [4.69, 9.17) is 0 Å². The third kappa shape index (κ3) is 4.31. The van der Waals surface area contributed by atoms with Gasteiger partial charge in [0.1, 0.15) is 0 Å². The number of carbonyl (C=O) groups is 1. The van der Waals surface area contributed by atoms with Gasteiger partial charge in [-0.15, -0.1) is 0 Å². The fraction of sp³-hybridized carbons (Fsp3) is 0.611. The predicted octanol–water partition coefficient (Wildman–Crippen LogP) is 1.13. The van der Waals surface area contributed by atoms with Gasteiger partial charge in [0.2, 0.25) is 5.91 Å². The molecule has 1 fully saturated rings. The van der Waals surface area contributed by atoms with E-state index in [1.807, 2.05) is 0 Å². The second-order valence-corrected chi connectivity index (χ2v) is 6.43. The van der Waals surface area contributed by atoms with Crippen LogP contribution in [0.15, 0.2) is 18.2 Å². The average molecular weight is 301 g/mol. The van der Waals surface area contributed by atoms with Crippen molar-refractivity contribution < 1.29 is 4.79 Å². The standard InChI is InChI=1S/C18H27N3O/c22-18(20-9-12-21-10-7-19-8-11-21)14-15-5-6-16-3-1-2-4-17(16)13-15/h5-6,13,19H,1-4,7-12,14H2,(H,20,22). The molecule has 1 aromatic carbocycles. The fourth-order valence-electron chi connectivity index (χ4n) is 3.43. The molecule has 1 saturated heterocycles. The van der Waals surface area contributed by atoms with Gasteiger partial charge in [0.15, 0.2) is 0 Å². The molecule has 0 aromatic heterocycles. The molecule has 120 valence electrons. The quantitative estimate of drug-likeness (QED) is 0.857. The maximum absolute atomic E-state index is 12.1. The molecular formula is C18H27N3O. The largest absolute Gasteiger partial charge is 0.355 e. The van der Waals surface area contributed by atoms with E-state index in [1.54, 1.807) is 0 Å². The summed E-state index contributed by atoms with van der Waals surface area (Å²) in [5.41, 5.74) is 4.09. The Labute approximate surface area is 133 Å². The molecule has 1 aromatic rings. The number of benzene rings is 1. The molecule has 0 atom stereocenters. The summed E-state index contributed by atoms with van der Waals surface area (Å²) in [6.45, 7) is 5.99. The van der Waals surface area contributed by atoms with Crippen LogP contribution < -0.4 is 10.6 Å². The molecule has 0 radical (unpaired) electrons. The van der Waals surface area contributed by atoms with Crippen LogP contribution in [0.4, 0.5) is 0 Å². The first kappa shape index (κ1) is 15.5. The summed E-state index contributed by atoms with van der Waals surface area (Å²) in [7, 11) is 0. The molecule has 22 heavy (non-hydrogen) atoms. The molecule has 0 saturated carbocycles. The van der Waals surface area contributed by atoms with Crippen molar-refractivity contribution in [1.29, 1.82) is 0 Å². The van der Waals surface area contributed by atoms with Crippen LogP contribution in [-0.4, -0.2) is 50.1 Å². The van der Waals surface area contributed by atoms with E-state index in [1.165, 1.54) is 36.8 Å². The molecule has 4 heteroatoms. The summed E-state index contributed by atoms with van der Waals surface area (Å²) < 4.78 is 0. The Balaban J connectivity index is 1.43. The number of piperazine rings is 1. The van der Waals surface area contributed by atoms with E-state index in [-0.39, 0.29) is 5.91 Å². The molecule has 4 nitrogen and oxygen atoms in total. The second kappa shape index (κ2) is 7.75. The van der Waals surface area contributed by atoms with Gasteiger partial charge in [-0.3, -0.25) is 9.69 Å². The lowest BCUT2D eigenvalue weighted by atomic mass is 9.90. The van der Waals surface area contributed by atoms with Gasteiger partial charge < -0.3 is 10.6 Å². The first-order valence-electron chi connectivity index (χ1n) is 8.62. The van der Waals surface area contributed by atoms with Gasteiger partial charge in [-0.05, 0) is 42.4 Å². The van der Waals surface area contributed by atoms with Crippen LogP contribution in [0.1, 0.15) is 29.5 Å². The highest BCUT2D eigenvalue weighted by atomic mass is 16.1. The Morgan fingerprint density at radius 2 is 1.91 bits per heavy atom. The molecule has 0 bridgehead atoms. The molecular weight excluding hydrogens is 274 g/mol. The van der Waals surface area contributed by atoms with Gasteiger partial charge in [0.25, 0.3) is 0 Å². The molecule has 2 aliphatic rings. The molecule has 0 spiro atoms. The first-order valence-corrected chi connectivity index (χ1v) is 8.62. The van der Waals surface area contributed by atoms with E-state index >= 15 is 0 Å². The van der Waals surface area contributed by atoms with Crippen LogP contribution in [0.5, 0.6) is 0 Å². The van der Waals surface area contributed by atoms with Crippen molar-refractivity contribution in [3.8, 4) is 0 Å². The van der Waals surface area contributed by atoms with E-state index in [9.17, 15) is 4.79 Å². The Morgan fingerprint density at radius 3 is 2.73 bits per heavy atom. The summed E-state index contributed by atoms with van der Waals surface area (Å²) in [4.78, 5) is 14.5. The van der Waals surface area contributed by atoms with Gasteiger partial charge in [0, 0.05) is 39.3 Å². The Bertz CT molecular complexity index is 509. The second-order valence-electron chi connectivity index (χ2n) is 6.43. The fourth-order valence-corrected chi connectivity index (χ4v) is 3.43. The normalized spacial score (nSPS) is 18.7. The van der Waals surface area contributed by atoms with E-state index in [0.717, 1.165) is 44.8 Å². The van der Waals surface area contributed by atoms with Crippen LogP contribution in [0, 0.1) is 0 Å². The number of hydrogen-bond donors (Lipinski definition) is 2. The van der Waals surface area contributed by atoms with Crippen molar-refractivity contribution in [2.75, 3.05) is 39.3 Å². The Morgan fingerprint density at radius 1 is 1.14 bits per heavy atom.